The Morgan fingerprint density at radius 1 is 0.854 bits per heavy atom. The number of hydrazone groups is 1. The molecule has 1 heterocycles. The molecular weight excluding hydrogens is 597 g/mol. The lowest BCUT2D eigenvalue weighted by Crippen LogP contribution is -2.41. The number of nitrogens with zero attached hydrogens (tertiary/aromatic N) is 3. The molecule has 0 aliphatic heterocycles. The van der Waals surface area contributed by atoms with E-state index in [9.17, 15) is 53.9 Å². The highest BCUT2D eigenvalue weighted by atomic mass is 32.1. The number of urea groups is 1. The minimum absolute atomic E-state index is 0.0705. The highest BCUT2D eigenvalue weighted by Crippen LogP contribution is 2.37. The summed E-state index contributed by atoms with van der Waals surface area (Å²) in [7, 11) is 0.887. The standard InChI is InChI=1S/C23H14F9N5O3S/c1-37(19(40)35-17(38)12-3-2-4-14(9-12)22(27,28)29)20-34-16(23(30,31)32)15(41-20)18(39)36-33-10-11-5-7-13(8-6-11)21(24,25)26/h2-10H,1H3,(H,36,39)(H,35,38,40)/b33-10+. The molecule has 0 atom stereocenters. The average Bonchev–Trinajstić information content (AvgIpc) is 3.34. The number of nitrogens with one attached hydrogen (secondary N) is 2. The van der Waals surface area contributed by atoms with Crippen molar-refractivity contribution in [1.29, 1.82) is 0 Å². The van der Waals surface area contributed by atoms with Crippen molar-refractivity contribution >= 4 is 40.5 Å². The highest BCUT2D eigenvalue weighted by Gasteiger charge is 2.41. The maximum Gasteiger partial charge on any atom is 0.435 e. The van der Waals surface area contributed by atoms with E-state index in [-0.39, 0.29) is 16.9 Å². The predicted octanol–water partition coefficient (Wildman–Crippen LogP) is 5.95. The molecule has 218 valence electrons. The van der Waals surface area contributed by atoms with Gasteiger partial charge in [0.15, 0.2) is 10.8 Å². The van der Waals surface area contributed by atoms with Gasteiger partial charge in [0.25, 0.3) is 11.8 Å². The van der Waals surface area contributed by atoms with Crippen molar-refractivity contribution in [2.24, 2.45) is 5.10 Å². The van der Waals surface area contributed by atoms with Crippen LogP contribution in [-0.4, -0.2) is 36.1 Å². The van der Waals surface area contributed by atoms with E-state index >= 15 is 0 Å². The summed E-state index contributed by atoms with van der Waals surface area (Å²) in [6, 6.07) is 5.09. The smallest absolute Gasteiger partial charge is 0.273 e. The summed E-state index contributed by atoms with van der Waals surface area (Å²) < 4.78 is 117. The van der Waals surface area contributed by atoms with Crippen LogP contribution in [0, 0.1) is 0 Å². The number of aromatic nitrogens is 1. The van der Waals surface area contributed by atoms with Crippen LogP contribution in [-0.2, 0) is 18.5 Å². The molecule has 3 aromatic rings. The van der Waals surface area contributed by atoms with E-state index in [1.807, 2.05) is 0 Å². The van der Waals surface area contributed by atoms with Crippen LogP contribution in [0.3, 0.4) is 0 Å². The molecule has 18 heteroatoms. The number of amides is 4. The zero-order chi connectivity index (χ0) is 30.8. The molecule has 8 nitrogen and oxygen atoms in total. The quantitative estimate of drug-likeness (QED) is 0.212. The topological polar surface area (TPSA) is 104 Å². The lowest BCUT2D eigenvalue weighted by molar-refractivity contribution is -0.141. The number of anilines is 1. The molecule has 0 saturated carbocycles. The Morgan fingerprint density at radius 3 is 2.02 bits per heavy atom. The van der Waals surface area contributed by atoms with Gasteiger partial charge in [-0.15, -0.1) is 0 Å². The first kappa shape index (κ1) is 31.1. The molecule has 2 aromatic carbocycles. The van der Waals surface area contributed by atoms with Crippen LogP contribution in [0.4, 0.5) is 49.4 Å². The molecule has 3 rings (SSSR count). The summed E-state index contributed by atoms with van der Waals surface area (Å²) in [6.07, 6.45) is -13.7. The summed E-state index contributed by atoms with van der Waals surface area (Å²) in [5.41, 5.74) is -2.59. The molecule has 41 heavy (non-hydrogen) atoms. The third kappa shape index (κ3) is 7.80. The molecule has 0 aliphatic carbocycles. The number of alkyl halides is 9. The normalized spacial score (nSPS) is 12.3. The largest absolute Gasteiger partial charge is 0.435 e. The molecule has 0 radical (unpaired) electrons. The molecule has 0 aliphatic rings. The van der Waals surface area contributed by atoms with Crippen LogP contribution in [0.15, 0.2) is 53.6 Å². The van der Waals surface area contributed by atoms with Crippen molar-refractivity contribution in [3.8, 4) is 0 Å². The van der Waals surface area contributed by atoms with Crippen molar-refractivity contribution in [2.45, 2.75) is 18.5 Å². The second kappa shape index (κ2) is 11.6. The van der Waals surface area contributed by atoms with Gasteiger partial charge < -0.3 is 0 Å². The highest BCUT2D eigenvalue weighted by molar-refractivity contribution is 7.17. The maximum atomic E-state index is 13.5. The number of imide groups is 1. The first-order chi connectivity index (χ1) is 18.9. The molecule has 4 amide bonds. The molecule has 0 unspecified atom stereocenters. The fraction of sp³-hybridized carbons (Fsp3) is 0.174. The van der Waals surface area contributed by atoms with E-state index in [1.54, 1.807) is 10.7 Å². The number of halogens is 9. The van der Waals surface area contributed by atoms with Gasteiger partial charge in [-0.25, -0.2) is 15.2 Å². The molecule has 1 aromatic heterocycles. The van der Waals surface area contributed by atoms with Gasteiger partial charge in [0.05, 0.1) is 17.3 Å². The van der Waals surface area contributed by atoms with Crippen LogP contribution in [0.1, 0.15) is 42.4 Å². The van der Waals surface area contributed by atoms with Crippen molar-refractivity contribution < 1.29 is 53.9 Å². The lowest BCUT2D eigenvalue weighted by atomic mass is 10.1. The predicted molar refractivity (Wildman–Crippen MR) is 126 cm³/mol. The Labute approximate surface area is 227 Å². The Hall–Kier alpha value is -4.48. The van der Waals surface area contributed by atoms with E-state index in [2.05, 4.69) is 10.1 Å². The van der Waals surface area contributed by atoms with E-state index < -0.39 is 68.8 Å². The zero-order valence-electron chi connectivity index (χ0n) is 20.1. The SMILES string of the molecule is CN(C(=O)NC(=O)c1cccc(C(F)(F)F)c1)c1nc(C(F)(F)F)c(C(=O)N/N=C/c2ccc(C(F)(F)F)cc2)s1. The van der Waals surface area contributed by atoms with Crippen LogP contribution < -0.4 is 15.6 Å². The van der Waals surface area contributed by atoms with Gasteiger partial charge in [0, 0.05) is 12.6 Å². The fourth-order valence-electron chi connectivity index (χ4n) is 2.95. The van der Waals surface area contributed by atoms with Crippen LogP contribution in [0.25, 0.3) is 0 Å². The lowest BCUT2D eigenvalue weighted by Gasteiger charge is -2.14. The van der Waals surface area contributed by atoms with E-state index in [1.165, 1.54) is 0 Å². The van der Waals surface area contributed by atoms with Gasteiger partial charge in [0.1, 0.15) is 4.88 Å². The summed E-state index contributed by atoms with van der Waals surface area (Å²) in [5, 5.41) is 4.40. The second-order valence-corrected chi connectivity index (χ2v) is 8.87. The van der Waals surface area contributed by atoms with Gasteiger partial charge in [-0.05, 0) is 35.9 Å². The number of benzene rings is 2. The van der Waals surface area contributed by atoms with Gasteiger partial charge in [0.2, 0.25) is 0 Å². The Kier molecular flexibility index (Phi) is 8.75. The number of carbonyl (C=O) groups is 3. The van der Waals surface area contributed by atoms with Crippen LogP contribution in [0.2, 0.25) is 0 Å². The zero-order valence-corrected chi connectivity index (χ0v) is 20.9. The molecule has 0 saturated heterocycles. The summed E-state index contributed by atoms with van der Waals surface area (Å²) in [4.78, 5) is 39.7. The van der Waals surface area contributed by atoms with Gasteiger partial charge in [-0.1, -0.05) is 29.5 Å². The van der Waals surface area contributed by atoms with Crippen molar-refractivity contribution in [3.63, 3.8) is 0 Å². The average molecular weight is 611 g/mol. The third-order valence-electron chi connectivity index (χ3n) is 4.97. The number of carbonyl (C=O) groups excluding carboxylic acids is 3. The molecule has 0 fully saturated rings. The molecule has 2 N–H and O–H groups in total. The summed E-state index contributed by atoms with van der Waals surface area (Å²) >= 11 is 0.0735. The van der Waals surface area contributed by atoms with Gasteiger partial charge in [-0.2, -0.15) is 44.6 Å². The van der Waals surface area contributed by atoms with Gasteiger partial charge >= 0.3 is 24.6 Å². The minimum atomic E-state index is -5.19. The van der Waals surface area contributed by atoms with Crippen molar-refractivity contribution in [2.75, 3.05) is 11.9 Å². The maximum absolute atomic E-state index is 13.5. The Balaban J connectivity index is 1.76. The first-order valence-electron chi connectivity index (χ1n) is 10.7. The summed E-state index contributed by atoms with van der Waals surface area (Å²) in [6.45, 7) is 0. The number of thiazole rings is 1. The first-order valence-corrected chi connectivity index (χ1v) is 11.5. The molecular formula is C23H14F9N5O3S. The van der Waals surface area contributed by atoms with E-state index in [0.717, 1.165) is 49.7 Å². The Bertz CT molecular complexity index is 1480. The minimum Gasteiger partial charge on any atom is -0.273 e. The monoisotopic (exact) mass is 611 g/mol. The molecule has 0 bridgehead atoms. The number of rotatable bonds is 5. The Morgan fingerprint density at radius 2 is 1.46 bits per heavy atom. The number of hydrogen-bond donors (Lipinski definition) is 2. The number of hydrogen-bond acceptors (Lipinski definition) is 6. The van der Waals surface area contributed by atoms with Crippen LogP contribution >= 0.6 is 11.3 Å². The molecule has 0 spiro atoms. The fourth-order valence-corrected chi connectivity index (χ4v) is 3.89. The van der Waals surface area contributed by atoms with E-state index in [4.69, 9.17) is 0 Å². The summed E-state index contributed by atoms with van der Waals surface area (Å²) in [5.74, 6) is -2.73. The van der Waals surface area contributed by atoms with E-state index in [0.29, 0.717) is 17.0 Å². The van der Waals surface area contributed by atoms with Crippen molar-refractivity contribution in [1.82, 2.24) is 15.7 Å². The van der Waals surface area contributed by atoms with Crippen molar-refractivity contribution in [3.05, 3.63) is 81.4 Å². The third-order valence-corrected chi connectivity index (χ3v) is 6.10. The van der Waals surface area contributed by atoms with Gasteiger partial charge in [-0.3, -0.25) is 19.8 Å². The second-order valence-electron chi connectivity index (χ2n) is 7.89. The van der Waals surface area contributed by atoms with Crippen LogP contribution in [0.5, 0.6) is 0 Å².